The van der Waals surface area contributed by atoms with Crippen molar-refractivity contribution in [1.82, 2.24) is 5.32 Å². The third-order valence-electron chi connectivity index (χ3n) is 15.2. The topological polar surface area (TPSA) is 95.9 Å². The van der Waals surface area contributed by atoms with Gasteiger partial charge in [0.1, 0.15) is 0 Å². The van der Waals surface area contributed by atoms with E-state index in [0.29, 0.717) is 25.9 Å². The number of hydrogen-bond acceptors (Lipinski definition) is 5. The van der Waals surface area contributed by atoms with Gasteiger partial charge in [-0.1, -0.05) is 328 Å². The maximum atomic E-state index is 12.5. The van der Waals surface area contributed by atoms with Crippen LogP contribution in [0.5, 0.6) is 0 Å². The van der Waals surface area contributed by atoms with Crippen LogP contribution in [0.1, 0.15) is 367 Å². The fraction of sp³-hybridized carbons (Fsp3) is 0.968. The van der Waals surface area contributed by atoms with Crippen LogP contribution < -0.4 is 5.32 Å². The first-order chi connectivity index (χ1) is 34.0. The highest BCUT2D eigenvalue weighted by atomic mass is 16.5. The summed E-state index contributed by atoms with van der Waals surface area (Å²) in [4.78, 5) is 24.5. The average Bonchev–Trinajstić information content (AvgIpc) is 3.35. The first-order valence-electron chi connectivity index (χ1n) is 31.8. The Morgan fingerprint density at radius 2 is 0.594 bits per heavy atom. The lowest BCUT2D eigenvalue weighted by atomic mass is 10.0. The second-order valence-electron chi connectivity index (χ2n) is 22.1. The molecule has 0 aliphatic heterocycles. The lowest BCUT2D eigenvalue weighted by Gasteiger charge is -2.22. The zero-order chi connectivity index (χ0) is 50.0. The van der Waals surface area contributed by atoms with Gasteiger partial charge in [0, 0.05) is 12.8 Å². The third kappa shape index (κ3) is 56.0. The summed E-state index contributed by atoms with van der Waals surface area (Å²) in [6.07, 6.45) is 69.9. The number of unbranched alkanes of at least 4 members (excludes halogenated alkanes) is 49. The number of carbonyl (C=O) groups is 2. The molecule has 0 saturated carbocycles. The molecule has 412 valence electrons. The highest BCUT2D eigenvalue weighted by Crippen LogP contribution is 2.19. The van der Waals surface area contributed by atoms with Gasteiger partial charge in [-0.05, 0) is 25.7 Å². The minimum absolute atomic E-state index is 0.0203. The van der Waals surface area contributed by atoms with Gasteiger partial charge in [0.25, 0.3) is 0 Å². The van der Waals surface area contributed by atoms with Crippen molar-refractivity contribution < 1.29 is 24.5 Å². The van der Waals surface area contributed by atoms with Crippen LogP contribution in [0, 0.1) is 0 Å². The van der Waals surface area contributed by atoms with Crippen LogP contribution in [0.15, 0.2) is 0 Å². The number of carbonyl (C=O) groups excluding carboxylic acids is 2. The number of hydrogen-bond donors (Lipinski definition) is 3. The van der Waals surface area contributed by atoms with Gasteiger partial charge in [-0.3, -0.25) is 9.59 Å². The number of aliphatic hydroxyl groups is 2. The Balaban J connectivity index is 3.31. The Labute approximate surface area is 432 Å². The number of nitrogens with one attached hydrogen (secondary N) is 1. The molecule has 0 fully saturated rings. The molecule has 1 amide bonds. The fourth-order valence-corrected chi connectivity index (χ4v) is 10.3. The number of ether oxygens (including phenoxy) is 1. The average molecular weight is 977 g/mol. The van der Waals surface area contributed by atoms with Gasteiger partial charge in [0.2, 0.25) is 5.91 Å². The summed E-state index contributed by atoms with van der Waals surface area (Å²) >= 11 is 0. The van der Waals surface area contributed by atoms with E-state index < -0.39 is 12.1 Å². The van der Waals surface area contributed by atoms with Crippen molar-refractivity contribution in [2.45, 2.75) is 379 Å². The SMILES string of the molecule is CCCCCCCCCCCCCCC(=O)OCCCCCCCCCCCCCCCCCCCCCCCCCCCCCCC(=O)NC(CO)C(O)CCCCCCCCCCCCCC. The maximum absolute atomic E-state index is 12.5. The highest BCUT2D eigenvalue weighted by molar-refractivity contribution is 5.76. The lowest BCUT2D eigenvalue weighted by Crippen LogP contribution is -2.45. The molecule has 2 atom stereocenters. The summed E-state index contributed by atoms with van der Waals surface area (Å²) in [6.45, 7) is 4.98. The van der Waals surface area contributed by atoms with Crippen molar-refractivity contribution in [3.63, 3.8) is 0 Å². The molecule has 2 unspecified atom stereocenters. The molecule has 6 nitrogen and oxygen atoms in total. The van der Waals surface area contributed by atoms with E-state index >= 15 is 0 Å². The summed E-state index contributed by atoms with van der Waals surface area (Å²) < 4.78 is 5.48. The van der Waals surface area contributed by atoms with Crippen LogP contribution in [0.2, 0.25) is 0 Å². The second kappa shape index (κ2) is 59.4. The molecule has 0 bridgehead atoms. The van der Waals surface area contributed by atoms with Crippen LogP contribution in [0.3, 0.4) is 0 Å². The summed E-state index contributed by atoms with van der Waals surface area (Å²) in [5.41, 5.74) is 0. The molecular weight excluding hydrogens is 851 g/mol. The minimum Gasteiger partial charge on any atom is -0.466 e. The molecule has 0 aliphatic rings. The molecule has 0 aromatic heterocycles. The van der Waals surface area contributed by atoms with Crippen LogP contribution >= 0.6 is 0 Å². The molecule has 0 radical (unpaired) electrons. The van der Waals surface area contributed by atoms with Crippen molar-refractivity contribution in [3.05, 3.63) is 0 Å². The van der Waals surface area contributed by atoms with Gasteiger partial charge in [-0.15, -0.1) is 0 Å². The van der Waals surface area contributed by atoms with Gasteiger partial charge in [-0.2, -0.15) is 0 Å². The first kappa shape index (κ1) is 67.9. The molecule has 0 rings (SSSR count). The Hall–Kier alpha value is -1.14. The molecule has 6 heteroatoms. The van der Waals surface area contributed by atoms with Crippen molar-refractivity contribution >= 4 is 11.9 Å². The summed E-state index contributed by atoms with van der Waals surface area (Å²) in [5, 5.41) is 23.2. The predicted octanol–water partition coefficient (Wildman–Crippen LogP) is 19.9. The normalized spacial score (nSPS) is 12.5. The molecule has 0 aromatic rings. The van der Waals surface area contributed by atoms with Crippen LogP contribution in [0.25, 0.3) is 0 Å². The Kier molecular flexibility index (Phi) is 58.4. The number of amides is 1. The molecule has 0 spiro atoms. The van der Waals surface area contributed by atoms with E-state index in [1.54, 1.807) is 0 Å². The van der Waals surface area contributed by atoms with Crippen molar-refractivity contribution in [2.24, 2.45) is 0 Å². The van der Waals surface area contributed by atoms with E-state index in [0.717, 1.165) is 38.5 Å². The first-order valence-corrected chi connectivity index (χ1v) is 31.8. The van der Waals surface area contributed by atoms with Gasteiger partial charge in [-0.25, -0.2) is 0 Å². The molecule has 0 aliphatic carbocycles. The predicted molar refractivity (Wildman–Crippen MR) is 301 cm³/mol. The number of esters is 1. The lowest BCUT2D eigenvalue weighted by molar-refractivity contribution is -0.143. The van der Waals surface area contributed by atoms with Crippen molar-refractivity contribution in [2.75, 3.05) is 13.2 Å². The van der Waals surface area contributed by atoms with E-state index in [-0.39, 0.29) is 18.5 Å². The van der Waals surface area contributed by atoms with Gasteiger partial charge in [0.05, 0.1) is 25.4 Å². The summed E-state index contributed by atoms with van der Waals surface area (Å²) in [7, 11) is 0. The van der Waals surface area contributed by atoms with E-state index in [1.807, 2.05) is 0 Å². The van der Waals surface area contributed by atoms with E-state index in [2.05, 4.69) is 19.2 Å². The third-order valence-corrected chi connectivity index (χ3v) is 15.2. The standard InChI is InChI=1S/C63H125NO5/c1-3-5-7-9-11-13-15-35-39-43-47-51-55-61(66)60(59-65)64-62(67)56-52-48-44-40-36-33-31-29-27-25-23-21-19-17-18-20-22-24-26-28-30-32-34-38-42-46-50-54-58-69-63(68)57-53-49-45-41-37-16-14-12-10-8-6-4-2/h60-61,65-66H,3-59H2,1-2H3,(H,64,67). The zero-order valence-corrected chi connectivity index (χ0v) is 47.1. The van der Waals surface area contributed by atoms with E-state index in [4.69, 9.17) is 4.74 Å². The Morgan fingerprint density at radius 3 is 0.884 bits per heavy atom. The van der Waals surface area contributed by atoms with Crippen LogP contribution in [-0.4, -0.2) is 47.4 Å². The quantitative estimate of drug-likeness (QED) is 0.0417. The van der Waals surface area contributed by atoms with Gasteiger partial charge in [0.15, 0.2) is 0 Å². The largest absolute Gasteiger partial charge is 0.466 e. The number of rotatable bonds is 60. The van der Waals surface area contributed by atoms with E-state index in [1.165, 1.54) is 295 Å². The zero-order valence-electron chi connectivity index (χ0n) is 47.1. The summed E-state index contributed by atoms with van der Waals surface area (Å²) in [5.74, 6) is -0.00974. The Morgan fingerprint density at radius 1 is 0.348 bits per heavy atom. The minimum atomic E-state index is -0.659. The monoisotopic (exact) mass is 976 g/mol. The fourth-order valence-electron chi connectivity index (χ4n) is 10.3. The molecule has 0 heterocycles. The van der Waals surface area contributed by atoms with Crippen molar-refractivity contribution in [1.29, 1.82) is 0 Å². The molecule has 0 aromatic carbocycles. The van der Waals surface area contributed by atoms with Gasteiger partial charge >= 0.3 is 5.97 Å². The maximum Gasteiger partial charge on any atom is 0.305 e. The second-order valence-corrected chi connectivity index (χ2v) is 22.1. The smallest absolute Gasteiger partial charge is 0.305 e. The molecular formula is C63H125NO5. The highest BCUT2D eigenvalue weighted by Gasteiger charge is 2.20. The van der Waals surface area contributed by atoms with Crippen LogP contribution in [-0.2, 0) is 14.3 Å². The number of aliphatic hydroxyl groups excluding tert-OH is 2. The Bertz CT molecular complexity index is 990. The van der Waals surface area contributed by atoms with Crippen LogP contribution in [0.4, 0.5) is 0 Å². The molecule has 0 saturated heterocycles. The molecule has 69 heavy (non-hydrogen) atoms. The molecule has 3 N–H and O–H groups in total. The van der Waals surface area contributed by atoms with E-state index in [9.17, 15) is 19.8 Å². The summed E-state index contributed by atoms with van der Waals surface area (Å²) in [6, 6.07) is -0.536. The van der Waals surface area contributed by atoms with Gasteiger partial charge < -0.3 is 20.3 Å². The van der Waals surface area contributed by atoms with Crippen molar-refractivity contribution in [3.8, 4) is 0 Å².